The molecule has 0 spiro atoms. The van der Waals surface area contributed by atoms with Gasteiger partial charge in [-0.05, 0) is 54.8 Å². The molecule has 0 aliphatic heterocycles. The molecule has 0 unspecified atom stereocenters. The third-order valence-corrected chi connectivity index (χ3v) is 4.57. The van der Waals surface area contributed by atoms with Gasteiger partial charge in [-0.2, -0.15) is 0 Å². The number of hydrogen-bond donors (Lipinski definition) is 1. The van der Waals surface area contributed by atoms with Gasteiger partial charge in [0.1, 0.15) is 22.8 Å². The van der Waals surface area contributed by atoms with Crippen LogP contribution in [0, 0.1) is 0 Å². The van der Waals surface area contributed by atoms with Crippen LogP contribution in [-0.2, 0) is 6.42 Å². The normalized spacial score (nSPS) is 10.9. The van der Waals surface area contributed by atoms with Crippen LogP contribution in [0.4, 0.5) is 0 Å². The van der Waals surface area contributed by atoms with Gasteiger partial charge in [0.2, 0.25) is 0 Å². The maximum absolute atomic E-state index is 12.4. The molecule has 0 aliphatic rings. The van der Waals surface area contributed by atoms with Gasteiger partial charge in [0.05, 0.1) is 12.0 Å². The summed E-state index contributed by atoms with van der Waals surface area (Å²) in [6.45, 7) is 0.586. The molecule has 4 nitrogen and oxygen atoms in total. The molecule has 1 aromatic heterocycles. The molecule has 4 heteroatoms. The number of fused-ring (bicyclic) bond motifs is 1. The lowest BCUT2D eigenvalue weighted by molar-refractivity contribution is 0.311. The number of ether oxygens (including phenoxy) is 1. The first kappa shape index (κ1) is 17.9. The Balaban J connectivity index is 1.50. The molecule has 0 fully saturated rings. The summed E-state index contributed by atoms with van der Waals surface area (Å²) in [6.07, 6.45) is 1.86. The second-order valence-corrected chi connectivity index (χ2v) is 6.62. The molecule has 28 heavy (non-hydrogen) atoms. The van der Waals surface area contributed by atoms with E-state index < -0.39 is 0 Å². The monoisotopic (exact) mass is 372 g/mol. The van der Waals surface area contributed by atoms with Crippen molar-refractivity contribution in [2.24, 2.45) is 0 Å². The first-order chi connectivity index (χ1) is 13.7. The predicted molar refractivity (Wildman–Crippen MR) is 110 cm³/mol. The Bertz CT molecular complexity index is 1130. The van der Waals surface area contributed by atoms with Crippen molar-refractivity contribution in [1.29, 1.82) is 0 Å². The number of aromatic hydroxyl groups is 1. The van der Waals surface area contributed by atoms with Gasteiger partial charge in [-0.3, -0.25) is 4.79 Å². The fraction of sp³-hybridized carbons (Fsp3) is 0.125. The molecule has 4 rings (SSSR count). The summed E-state index contributed by atoms with van der Waals surface area (Å²) in [5.41, 5.74) is 2.39. The predicted octanol–water partition coefficient (Wildman–Crippen LogP) is 5.18. The molecule has 4 aromatic rings. The largest absolute Gasteiger partial charge is 0.508 e. The van der Waals surface area contributed by atoms with E-state index >= 15 is 0 Å². The van der Waals surface area contributed by atoms with E-state index in [9.17, 15) is 9.90 Å². The highest BCUT2D eigenvalue weighted by atomic mass is 16.5. The Hall–Kier alpha value is -3.53. The van der Waals surface area contributed by atoms with E-state index in [-0.39, 0.29) is 11.2 Å². The molecule has 0 aliphatic carbocycles. The lowest BCUT2D eigenvalue weighted by Gasteiger charge is -2.08. The smallest absolute Gasteiger partial charge is 0.193 e. The quantitative estimate of drug-likeness (QED) is 0.474. The van der Waals surface area contributed by atoms with Gasteiger partial charge >= 0.3 is 0 Å². The Morgan fingerprint density at radius 2 is 1.68 bits per heavy atom. The first-order valence-corrected chi connectivity index (χ1v) is 9.23. The van der Waals surface area contributed by atoms with Crippen molar-refractivity contribution < 1.29 is 14.3 Å². The summed E-state index contributed by atoms with van der Waals surface area (Å²) in [6, 6.07) is 23.6. The zero-order chi connectivity index (χ0) is 19.3. The van der Waals surface area contributed by atoms with E-state index in [1.165, 1.54) is 11.6 Å². The van der Waals surface area contributed by atoms with Crippen LogP contribution in [-0.4, -0.2) is 11.7 Å². The summed E-state index contributed by atoms with van der Waals surface area (Å²) in [7, 11) is 0. The van der Waals surface area contributed by atoms with Crippen molar-refractivity contribution in [3.8, 4) is 22.8 Å². The fourth-order valence-corrected chi connectivity index (χ4v) is 3.10. The third-order valence-electron chi connectivity index (χ3n) is 4.57. The molecule has 1 heterocycles. The second-order valence-electron chi connectivity index (χ2n) is 6.62. The van der Waals surface area contributed by atoms with Crippen LogP contribution in [0.3, 0.4) is 0 Å². The van der Waals surface area contributed by atoms with Crippen molar-refractivity contribution >= 4 is 11.0 Å². The molecule has 0 saturated heterocycles. The summed E-state index contributed by atoms with van der Waals surface area (Å²) >= 11 is 0. The summed E-state index contributed by atoms with van der Waals surface area (Å²) in [4.78, 5) is 12.4. The van der Waals surface area contributed by atoms with E-state index in [0.29, 0.717) is 29.1 Å². The van der Waals surface area contributed by atoms with Crippen molar-refractivity contribution in [3.63, 3.8) is 0 Å². The Morgan fingerprint density at radius 3 is 2.46 bits per heavy atom. The maximum atomic E-state index is 12.4. The lowest BCUT2D eigenvalue weighted by Crippen LogP contribution is -2.02. The van der Waals surface area contributed by atoms with Crippen LogP contribution in [0.25, 0.3) is 22.3 Å². The third kappa shape index (κ3) is 4.07. The number of benzene rings is 3. The molecule has 0 radical (unpaired) electrons. The number of aryl methyl sites for hydroxylation is 1. The van der Waals surface area contributed by atoms with Crippen LogP contribution < -0.4 is 10.2 Å². The fourth-order valence-electron chi connectivity index (χ4n) is 3.10. The van der Waals surface area contributed by atoms with Gasteiger partial charge in [-0.15, -0.1) is 0 Å². The molecule has 0 atom stereocenters. The first-order valence-electron chi connectivity index (χ1n) is 9.23. The number of phenols is 1. The van der Waals surface area contributed by atoms with Crippen molar-refractivity contribution in [3.05, 3.63) is 94.6 Å². The topological polar surface area (TPSA) is 59.7 Å². The standard InChI is InChI=1S/C24H20O4/c25-19-10-8-18(9-11-19)23-16-22(26)21-13-12-20(15-24(21)28-23)27-14-4-7-17-5-2-1-3-6-17/h1-3,5-6,8-13,15-16,25H,4,7,14H2. The average Bonchev–Trinajstić information content (AvgIpc) is 2.72. The van der Waals surface area contributed by atoms with Gasteiger partial charge in [-0.25, -0.2) is 0 Å². The second kappa shape index (κ2) is 8.01. The zero-order valence-electron chi connectivity index (χ0n) is 15.3. The van der Waals surface area contributed by atoms with Crippen molar-refractivity contribution in [2.45, 2.75) is 12.8 Å². The highest BCUT2D eigenvalue weighted by molar-refractivity contribution is 5.80. The molecule has 0 amide bonds. The molecule has 140 valence electrons. The van der Waals surface area contributed by atoms with E-state index in [2.05, 4.69) is 12.1 Å². The minimum absolute atomic E-state index is 0.111. The molecule has 3 aromatic carbocycles. The summed E-state index contributed by atoms with van der Waals surface area (Å²) in [5, 5.41) is 9.95. The van der Waals surface area contributed by atoms with Crippen molar-refractivity contribution in [2.75, 3.05) is 6.61 Å². The van der Waals surface area contributed by atoms with E-state index in [1.807, 2.05) is 18.2 Å². The number of rotatable bonds is 6. The molecular weight excluding hydrogens is 352 g/mol. The Morgan fingerprint density at radius 1 is 0.893 bits per heavy atom. The highest BCUT2D eigenvalue weighted by Gasteiger charge is 2.08. The number of phenolic OH excluding ortho intramolecular Hbond substituents is 1. The van der Waals surface area contributed by atoms with Crippen LogP contribution in [0.1, 0.15) is 12.0 Å². The Kier molecular flexibility index (Phi) is 5.11. The van der Waals surface area contributed by atoms with Crippen LogP contribution in [0.15, 0.2) is 88.1 Å². The van der Waals surface area contributed by atoms with E-state index in [4.69, 9.17) is 9.15 Å². The summed E-state index contributed by atoms with van der Waals surface area (Å²) in [5.74, 6) is 1.29. The lowest BCUT2D eigenvalue weighted by atomic mass is 10.1. The molecular formula is C24H20O4. The van der Waals surface area contributed by atoms with Gasteiger partial charge in [0.15, 0.2) is 5.43 Å². The molecule has 0 saturated carbocycles. The minimum Gasteiger partial charge on any atom is -0.508 e. The molecule has 1 N–H and O–H groups in total. The van der Waals surface area contributed by atoms with Crippen LogP contribution in [0.2, 0.25) is 0 Å². The van der Waals surface area contributed by atoms with E-state index in [0.717, 1.165) is 18.4 Å². The van der Waals surface area contributed by atoms with E-state index in [1.54, 1.807) is 42.5 Å². The van der Waals surface area contributed by atoms with Crippen LogP contribution >= 0.6 is 0 Å². The minimum atomic E-state index is -0.111. The Labute approximate surface area is 162 Å². The van der Waals surface area contributed by atoms with Gasteiger partial charge in [0.25, 0.3) is 0 Å². The average molecular weight is 372 g/mol. The van der Waals surface area contributed by atoms with Gasteiger partial charge in [-0.1, -0.05) is 30.3 Å². The maximum Gasteiger partial charge on any atom is 0.193 e. The molecule has 0 bridgehead atoms. The zero-order valence-corrected chi connectivity index (χ0v) is 15.3. The number of hydrogen-bond acceptors (Lipinski definition) is 4. The van der Waals surface area contributed by atoms with Crippen molar-refractivity contribution in [1.82, 2.24) is 0 Å². The highest BCUT2D eigenvalue weighted by Crippen LogP contribution is 2.26. The van der Waals surface area contributed by atoms with Crippen LogP contribution in [0.5, 0.6) is 11.5 Å². The SMILES string of the molecule is O=c1cc(-c2ccc(O)cc2)oc2cc(OCCCc3ccccc3)ccc12. The van der Waals surface area contributed by atoms with Gasteiger partial charge in [0, 0.05) is 17.7 Å². The van der Waals surface area contributed by atoms with Gasteiger partial charge < -0.3 is 14.3 Å². The summed E-state index contributed by atoms with van der Waals surface area (Å²) < 4.78 is 11.8.